The molecule has 3 nitrogen and oxygen atoms in total. The van der Waals surface area contributed by atoms with Crippen LogP contribution in [0.2, 0.25) is 0 Å². The van der Waals surface area contributed by atoms with Crippen LogP contribution in [0.1, 0.15) is 65.7 Å². The fraction of sp³-hybridized carbons (Fsp3) is 0.929. The van der Waals surface area contributed by atoms with Gasteiger partial charge in [-0.1, -0.05) is 12.8 Å². The van der Waals surface area contributed by atoms with Gasteiger partial charge in [-0.25, -0.2) is 0 Å². The minimum Gasteiger partial charge on any atom is -0.462 e. The van der Waals surface area contributed by atoms with Crippen molar-refractivity contribution in [2.75, 3.05) is 6.54 Å². The summed E-state index contributed by atoms with van der Waals surface area (Å²) in [5, 5.41) is 3.30. The van der Waals surface area contributed by atoms with Gasteiger partial charge in [-0.05, 0) is 46.5 Å². The molecule has 0 unspecified atom stereocenters. The summed E-state index contributed by atoms with van der Waals surface area (Å²) in [5.41, 5.74) is 0.0720. The number of carbonyl (C=O) groups is 1. The standard InChI is InChI=1S/C14H27NO2/c1-14(2,3)15-11-10-13(16)17-12-8-6-4-5-7-9-12/h12,15H,4-11H2,1-3H3. The minimum absolute atomic E-state index is 0.0475. The summed E-state index contributed by atoms with van der Waals surface area (Å²) < 4.78 is 5.51. The van der Waals surface area contributed by atoms with E-state index in [4.69, 9.17) is 4.74 Å². The molecule has 1 N–H and O–H groups in total. The van der Waals surface area contributed by atoms with Crippen LogP contribution >= 0.6 is 0 Å². The van der Waals surface area contributed by atoms with Crippen molar-refractivity contribution in [1.82, 2.24) is 5.32 Å². The maximum absolute atomic E-state index is 11.6. The van der Waals surface area contributed by atoms with Crippen LogP contribution in [0.25, 0.3) is 0 Å². The van der Waals surface area contributed by atoms with Gasteiger partial charge in [0.15, 0.2) is 0 Å². The lowest BCUT2D eigenvalue weighted by atomic mass is 10.1. The summed E-state index contributed by atoms with van der Waals surface area (Å²) in [6.07, 6.45) is 7.76. The molecule has 1 saturated carbocycles. The molecule has 0 spiro atoms. The van der Waals surface area contributed by atoms with Gasteiger partial charge in [-0.2, -0.15) is 0 Å². The third-order valence-corrected chi connectivity index (χ3v) is 3.08. The number of ether oxygens (including phenoxy) is 1. The van der Waals surface area contributed by atoms with Crippen molar-refractivity contribution in [2.45, 2.75) is 77.4 Å². The van der Waals surface area contributed by atoms with Crippen LogP contribution in [0.4, 0.5) is 0 Å². The third-order valence-electron chi connectivity index (χ3n) is 3.08. The van der Waals surface area contributed by atoms with Gasteiger partial charge in [0.1, 0.15) is 6.10 Å². The molecular weight excluding hydrogens is 214 g/mol. The Morgan fingerprint density at radius 1 is 1.18 bits per heavy atom. The number of esters is 1. The molecule has 100 valence electrons. The van der Waals surface area contributed by atoms with Crippen LogP contribution in [-0.2, 0) is 9.53 Å². The van der Waals surface area contributed by atoms with E-state index in [2.05, 4.69) is 26.1 Å². The van der Waals surface area contributed by atoms with Crippen molar-refractivity contribution in [3.05, 3.63) is 0 Å². The molecule has 0 saturated heterocycles. The van der Waals surface area contributed by atoms with Gasteiger partial charge in [0.25, 0.3) is 0 Å². The molecule has 1 rings (SSSR count). The largest absolute Gasteiger partial charge is 0.462 e. The number of hydrogen-bond donors (Lipinski definition) is 1. The molecule has 0 atom stereocenters. The molecular formula is C14H27NO2. The zero-order valence-corrected chi connectivity index (χ0v) is 11.6. The van der Waals surface area contributed by atoms with Crippen LogP contribution in [0, 0.1) is 0 Å². The third kappa shape index (κ3) is 7.37. The van der Waals surface area contributed by atoms with E-state index >= 15 is 0 Å². The van der Waals surface area contributed by atoms with E-state index in [0.29, 0.717) is 13.0 Å². The zero-order chi connectivity index (χ0) is 12.7. The Morgan fingerprint density at radius 3 is 2.29 bits per heavy atom. The Morgan fingerprint density at radius 2 is 1.76 bits per heavy atom. The number of nitrogens with one attached hydrogen (secondary N) is 1. The first kappa shape index (κ1) is 14.5. The van der Waals surface area contributed by atoms with Gasteiger partial charge < -0.3 is 10.1 Å². The van der Waals surface area contributed by atoms with Gasteiger partial charge >= 0.3 is 5.97 Å². The second-order valence-electron chi connectivity index (χ2n) is 6.03. The van der Waals surface area contributed by atoms with E-state index in [1.807, 2.05) is 0 Å². The summed E-state index contributed by atoms with van der Waals surface area (Å²) in [4.78, 5) is 11.6. The van der Waals surface area contributed by atoms with Crippen LogP contribution in [-0.4, -0.2) is 24.2 Å². The van der Waals surface area contributed by atoms with Crippen molar-refractivity contribution >= 4 is 5.97 Å². The number of hydrogen-bond acceptors (Lipinski definition) is 3. The second kappa shape index (κ2) is 7.00. The van der Waals surface area contributed by atoms with E-state index in [-0.39, 0.29) is 17.6 Å². The van der Waals surface area contributed by atoms with Crippen LogP contribution in [0.15, 0.2) is 0 Å². The molecule has 3 heteroatoms. The average molecular weight is 241 g/mol. The predicted molar refractivity (Wildman–Crippen MR) is 70.0 cm³/mol. The molecule has 1 aliphatic rings. The summed E-state index contributed by atoms with van der Waals surface area (Å²) in [6, 6.07) is 0. The highest BCUT2D eigenvalue weighted by atomic mass is 16.5. The monoisotopic (exact) mass is 241 g/mol. The highest BCUT2D eigenvalue weighted by Gasteiger charge is 2.17. The van der Waals surface area contributed by atoms with E-state index in [1.165, 1.54) is 25.7 Å². The first-order valence-electron chi connectivity index (χ1n) is 6.92. The summed E-state index contributed by atoms with van der Waals surface area (Å²) in [7, 11) is 0. The maximum Gasteiger partial charge on any atom is 0.307 e. The molecule has 0 aromatic heterocycles. The van der Waals surface area contributed by atoms with Gasteiger partial charge in [-0.15, -0.1) is 0 Å². The van der Waals surface area contributed by atoms with Crippen molar-refractivity contribution < 1.29 is 9.53 Å². The lowest BCUT2D eigenvalue weighted by Crippen LogP contribution is -2.37. The van der Waals surface area contributed by atoms with Gasteiger partial charge in [-0.3, -0.25) is 4.79 Å². The van der Waals surface area contributed by atoms with E-state index in [9.17, 15) is 4.79 Å². The summed E-state index contributed by atoms with van der Waals surface area (Å²) in [6.45, 7) is 7.01. The lowest BCUT2D eigenvalue weighted by Gasteiger charge is -2.21. The quantitative estimate of drug-likeness (QED) is 0.607. The molecule has 0 bridgehead atoms. The molecule has 1 aliphatic carbocycles. The first-order valence-corrected chi connectivity index (χ1v) is 6.92. The molecule has 17 heavy (non-hydrogen) atoms. The van der Waals surface area contributed by atoms with Crippen molar-refractivity contribution in [3.8, 4) is 0 Å². The summed E-state index contributed by atoms with van der Waals surface area (Å²) >= 11 is 0. The Balaban J connectivity index is 2.15. The van der Waals surface area contributed by atoms with E-state index in [1.54, 1.807) is 0 Å². The molecule has 0 aliphatic heterocycles. The Hall–Kier alpha value is -0.570. The Kier molecular flexibility index (Phi) is 5.96. The van der Waals surface area contributed by atoms with Gasteiger partial charge in [0.2, 0.25) is 0 Å². The Bertz CT molecular complexity index is 225. The fourth-order valence-corrected chi connectivity index (χ4v) is 2.14. The maximum atomic E-state index is 11.6. The fourth-order valence-electron chi connectivity index (χ4n) is 2.14. The van der Waals surface area contributed by atoms with Crippen molar-refractivity contribution in [2.24, 2.45) is 0 Å². The van der Waals surface area contributed by atoms with Gasteiger partial charge in [0, 0.05) is 12.1 Å². The molecule has 0 heterocycles. The Labute approximate surface area is 105 Å². The van der Waals surface area contributed by atoms with Crippen LogP contribution in [0.5, 0.6) is 0 Å². The van der Waals surface area contributed by atoms with Crippen molar-refractivity contribution in [3.63, 3.8) is 0 Å². The minimum atomic E-state index is -0.0475. The van der Waals surface area contributed by atoms with Crippen LogP contribution in [0.3, 0.4) is 0 Å². The molecule has 0 amide bonds. The smallest absolute Gasteiger partial charge is 0.307 e. The highest BCUT2D eigenvalue weighted by molar-refractivity contribution is 5.69. The molecule has 0 aromatic rings. The SMILES string of the molecule is CC(C)(C)NCCC(=O)OC1CCCCCC1. The number of rotatable bonds is 4. The average Bonchev–Trinajstić information content (AvgIpc) is 2.44. The summed E-state index contributed by atoms with van der Waals surface area (Å²) in [5.74, 6) is -0.0475. The van der Waals surface area contributed by atoms with Crippen LogP contribution < -0.4 is 5.32 Å². The predicted octanol–water partition coefficient (Wildman–Crippen LogP) is 3.03. The van der Waals surface area contributed by atoms with E-state index < -0.39 is 0 Å². The topological polar surface area (TPSA) is 38.3 Å². The second-order valence-corrected chi connectivity index (χ2v) is 6.03. The highest BCUT2D eigenvalue weighted by Crippen LogP contribution is 2.20. The molecule has 0 aromatic carbocycles. The van der Waals surface area contributed by atoms with E-state index in [0.717, 1.165) is 12.8 Å². The zero-order valence-electron chi connectivity index (χ0n) is 11.6. The number of carbonyl (C=O) groups excluding carboxylic acids is 1. The lowest BCUT2D eigenvalue weighted by molar-refractivity contribution is -0.149. The first-order chi connectivity index (χ1) is 7.97. The molecule has 0 radical (unpaired) electrons. The normalized spacial score (nSPS) is 18.8. The van der Waals surface area contributed by atoms with Gasteiger partial charge in [0.05, 0.1) is 6.42 Å². The molecule has 1 fully saturated rings. The van der Waals surface area contributed by atoms with Crippen molar-refractivity contribution in [1.29, 1.82) is 0 Å².